The van der Waals surface area contributed by atoms with Crippen molar-refractivity contribution in [3.63, 3.8) is 0 Å². The Morgan fingerprint density at radius 1 is 1.04 bits per heavy atom. The zero-order valence-electron chi connectivity index (χ0n) is 14.0. The number of rotatable bonds is 4. The summed E-state index contributed by atoms with van der Waals surface area (Å²) < 4.78 is 0. The highest BCUT2D eigenvalue weighted by Crippen LogP contribution is 2.20. The van der Waals surface area contributed by atoms with Crippen LogP contribution in [0.15, 0.2) is 54.7 Å². The van der Waals surface area contributed by atoms with Gasteiger partial charge in [-0.25, -0.2) is 4.98 Å². The van der Waals surface area contributed by atoms with Crippen molar-refractivity contribution in [1.82, 2.24) is 9.97 Å². The monoisotopic (exact) mass is 320 g/mol. The van der Waals surface area contributed by atoms with Gasteiger partial charge in [0.1, 0.15) is 5.82 Å². The van der Waals surface area contributed by atoms with Crippen molar-refractivity contribution in [1.29, 1.82) is 0 Å². The summed E-state index contributed by atoms with van der Waals surface area (Å²) >= 11 is 0. The number of nitrogens with zero attached hydrogens (tertiary/aromatic N) is 2. The fraction of sp³-hybridized carbons (Fsp3) is 0.158. The van der Waals surface area contributed by atoms with E-state index >= 15 is 0 Å². The van der Waals surface area contributed by atoms with E-state index < -0.39 is 0 Å². The van der Waals surface area contributed by atoms with Gasteiger partial charge < -0.3 is 15.2 Å². The number of aromatic nitrogens is 2. The van der Waals surface area contributed by atoms with Gasteiger partial charge in [-0.05, 0) is 48.9 Å². The van der Waals surface area contributed by atoms with Crippen molar-refractivity contribution in [2.45, 2.75) is 6.92 Å². The Morgan fingerprint density at radius 2 is 1.71 bits per heavy atom. The third-order valence-electron chi connectivity index (χ3n) is 3.80. The Bertz CT molecular complexity index is 833. The molecule has 0 aliphatic heterocycles. The van der Waals surface area contributed by atoms with Crippen LogP contribution in [0.3, 0.4) is 0 Å². The summed E-state index contributed by atoms with van der Waals surface area (Å²) in [5, 5.41) is 2.91. The first kappa shape index (κ1) is 15.8. The van der Waals surface area contributed by atoms with Crippen LogP contribution in [0, 0.1) is 6.92 Å². The van der Waals surface area contributed by atoms with Crippen molar-refractivity contribution in [3.8, 4) is 11.3 Å². The number of H-pyrrole nitrogens is 1. The van der Waals surface area contributed by atoms with Crippen molar-refractivity contribution < 1.29 is 4.79 Å². The summed E-state index contributed by atoms with van der Waals surface area (Å²) in [4.78, 5) is 21.7. The molecule has 1 heterocycles. The summed E-state index contributed by atoms with van der Waals surface area (Å²) in [7, 11) is 3.94. The van der Waals surface area contributed by atoms with Crippen molar-refractivity contribution in [2.24, 2.45) is 0 Å². The highest BCUT2D eigenvalue weighted by atomic mass is 16.1. The second kappa shape index (κ2) is 6.58. The van der Waals surface area contributed by atoms with Gasteiger partial charge in [0.25, 0.3) is 5.91 Å². The molecule has 0 aliphatic rings. The van der Waals surface area contributed by atoms with Crippen LogP contribution < -0.4 is 10.2 Å². The molecule has 3 rings (SSSR count). The van der Waals surface area contributed by atoms with Gasteiger partial charge in [0, 0.05) is 31.0 Å². The first-order valence-electron chi connectivity index (χ1n) is 7.74. The van der Waals surface area contributed by atoms with Gasteiger partial charge in [0.2, 0.25) is 0 Å². The minimum absolute atomic E-state index is 0.120. The molecule has 0 bridgehead atoms. The topological polar surface area (TPSA) is 61.0 Å². The van der Waals surface area contributed by atoms with E-state index in [1.165, 1.54) is 0 Å². The van der Waals surface area contributed by atoms with Gasteiger partial charge in [-0.2, -0.15) is 0 Å². The summed E-state index contributed by atoms with van der Waals surface area (Å²) in [6, 6.07) is 15.2. The number of benzene rings is 2. The fourth-order valence-electron chi connectivity index (χ4n) is 2.41. The molecule has 0 aliphatic carbocycles. The van der Waals surface area contributed by atoms with Crippen molar-refractivity contribution >= 4 is 17.3 Å². The summed E-state index contributed by atoms with van der Waals surface area (Å²) in [5.41, 5.74) is 4.45. The average molecular weight is 320 g/mol. The van der Waals surface area contributed by atoms with Crippen LogP contribution in [0.4, 0.5) is 11.4 Å². The predicted octanol–water partition coefficient (Wildman–Crippen LogP) is 3.70. The molecule has 3 aromatic rings. The van der Waals surface area contributed by atoms with Gasteiger partial charge in [0.15, 0.2) is 0 Å². The Morgan fingerprint density at radius 3 is 2.25 bits per heavy atom. The van der Waals surface area contributed by atoms with Crippen LogP contribution in [-0.4, -0.2) is 30.0 Å². The molecule has 2 N–H and O–H groups in total. The van der Waals surface area contributed by atoms with Gasteiger partial charge in [-0.15, -0.1) is 0 Å². The number of nitrogens with one attached hydrogen (secondary N) is 2. The number of anilines is 2. The lowest BCUT2D eigenvalue weighted by atomic mass is 10.1. The smallest absolute Gasteiger partial charge is 0.255 e. The third-order valence-corrected chi connectivity index (χ3v) is 3.80. The molecular weight excluding hydrogens is 300 g/mol. The Kier molecular flexibility index (Phi) is 4.33. The quantitative estimate of drug-likeness (QED) is 0.770. The van der Waals surface area contributed by atoms with E-state index in [0.29, 0.717) is 5.56 Å². The highest BCUT2D eigenvalue weighted by molar-refractivity contribution is 6.04. The molecule has 5 nitrogen and oxygen atoms in total. The number of aryl methyl sites for hydroxylation is 1. The molecule has 0 saturated carbocycles. The Hall–Kier alpha value is -3.08. The van der Waals surface area contributed by atoms with E-state index in [-0.39, 0.29) is 5.91 Å². The van der Waals surface area contributed by atoms with Crippen LogP contribution in [0.5, 0.6) is 0 Å². The van der Waals surface area contributed by atoms with Crippen molar-refractivity contribution in [3.05, 3.63) is 66.1 Å². The molecule has 0 radical (unpaired) electrons. The summed E-state index contributed by atoms with van der Waals surface area (Å²) in [6.45, 7) is 1.92. The highest BCUT2D eigenvalue weighted by Gasteiger charge is 2.07. The maximum Gasteiger partial charge on any atom is 0.255 e. The lowest BCUT2D eigenvalue weighted by Crippen LogP contribution is -2.13. The molecule has 0 spiro atoms. The van der Waals surface area contributed by atoms with E-state index in [4.69, 9.17) is 0 Å². The van der Waals surface area contributed by atoms with Crippen molar-refractivity contribution in [2.75, 3.05) is 24.3 Å². The van der Waals surface area contributed by atoms with E-state index in [9.17, 15) is 4.79 Å². The van der Waals surface area contributed by atoms with Gasteiger partial charge in [0.05, 0.1) is 11.9 Å². The normalized spacial score (nSPS) is 10.5. The second-order valence-electron chi connectivity index (χ2n) is 5.86. The largest absolute Gasteiger partial charge is 0.378 e. The number of carbonyl (C=O) groups excluding carboxylic acids is 1. The first-order valence-corrected chi connectivity index (χ1v) is 7.74. The SMILES string of the molecule is Cc1ncc(-c2ccc(NC(=O)c3ccc(N(C)C)cc3)cc2)[nH]1. The van der Waals surface area contributed by atoms with E-state index in [2.05, 4.69) is 15.3 Å². The number of hydrogen-bond acceptors (Lipinski definition) is 3. The Balaban J connectivity index is 1.70. The molecule has 5 heteroatoms. The van der Waals surface area contributed by atoms with Gasteiger partial charge in [-0.1, -0.05) is 12.1 Å². The zero-order valence-corrected chi connectivity index (χ0v) is 14.0. The van der Waals surface area contributed by atoms with Gasteiger partial charge >= 0.3 is 0 Å². The first-order chi connectivity index (χ1) is 11.5. The number of aromatic amines is 1. The molecular formula is C19H20N4O. The summed E-state index contributed by atoms with van der Waals surface area (Å²) in [6.07, 6.45) is 1.80. The van der Waals surface area contributed by atoms with Crippen LogP contribution in [0.25, 0.3) is 11.3 Å². The Labute approximate surface area is 141 Å². The molecule has 0 fully saturated rings. The van der Waals surface area contributed by atoms with Crippen LogP contribution in [0.1, 0.15) is 16.2 Å². The zero-order chi connectivity index (χ0) is 17.1. The molecule has 0 saturated heterocycles. The number of carbonyl (C=O) groups is 1. The number of imidazole rings is 1. The van der Waals surface area contributed by atoms with Crippen LogP contribution in [-0.2, 0) is 0 Å². The molecule has 122 valence electrons. The minimum atomic E-state index is -0.120. The maximum absolute atomic E-state index is 12.3. The number of hydrogen-bond donors (Lipinski definition) is 2. The lowest BCUT2D eigenvalue weighted by molar-refractivity contribution is 0.102. The molecule has 0 atom stereocenters. The lowest BCUT2D eigenvalue weighted by Gasteiger charge is -2.12. The molecule has 0 unspecified atom stereocenters. The standard InChI is InChI=1S/C19H20N4O/c1-13-20-12-18(21-13)14-4-8-16(9-5-14)22-19(24)15-6-10-17(11-7-15)23(2)3/h4-12H,1-3H3,(H,20,21)(H,22,24). The van der Waals surface area contributed by atoms with E-state index in [0.717, 1.165) is 28.5 Å². The van der Waals surface area contributed by atoms with Gasteiger partial charge in [-0.3, -0.25) is 4.79 Å². The third kappa shape index (κ3) is 3.46. The molecule has 2 aromatic carbocycles. The molecule has 1 aromatic heterocycles. The van der Waals surface area contributed by atoms with Crippen LogP contribution in [0.2, 0.25) is 0 Å². The van der Waals surface area contributed by atoms with E-state index in [1.54, 1.807) is 6.20 Å². The summed E-state index contributed by atoms with van der Waals surface area (Å²) in [5.74, 6) is 0.758. The minimum Gasteiger partial charge on any atom is -0.378 e. The van der Waals surface area contributed by atoms with Crippen LogP contribution >= 0.6 is 0 Å². The number of amides is 1. The average Bonchev–Trinajstić information content (AvgIpc) is 3.02. The van der Waals surface area contributed by atoms with E-state index in [1.807, 2.05) is 74.4 Å². The fourth-order valence-corrected chi connectivity index (χ4v) is 2.41. The maximum atomic E-state index is 12.3. The molecule has 24 heavy (non-hydrogen) atoms. The predicted molar refractivity (Wildman–Crippen MR) is 97.5 cm³/mol. The molecule has 1 amide bonds. The second-order valence-corrected chi connectivity index (χ2v) is 5.86.